The molecule has 5 heteroatoms. The van der Waals surface area contributed by atoms with Crippen molar-refractivity contribution in [1.29, 1.82) is 0 Å². The molecule has 0 saturated carbocycles. The van der Waals surface area contributed by atoms with Gasteiger partial charge in [-0.3, -0.25) is 4.79 Å². The van der Waals surface area contributed by atoms with Crippen LogP contribution >= 0.6 is 22.6 Å². The molecule has 0 atom stereocenters. The number of hydrogen-bond acceptors (Lipinski definition) is 3. The molecule has 0 bridgehead atoms. The number of amides is 1. The summed E-state index contributed by atoms with van der Waals surface area (Å²) in [7, 11) is 0. The Kier molecular flexibility index (Phi) is 4.84. The highest BCUT2D eigenvalue weighted by atomic mass is 127. The summed E-state index contributed by atoms with van der Waals surface area (Å²) in [5.74, 6) is -0.408. The molecule has 104 valence electrons. The lowest BCUT2D eigenvalue weighted by Gasteiger charge is -2.06. The summed E-state index contributed by atoms with van der Waals surface area (Å²) in [6.07, 6.45) is 0.587. The Balaban J connectivity index is 1.89. The quantitative estimate of drug-likeness (QED) is 0.562. The van der Waals surface area contributed by atoms with Crippen LogP contribution in [-0.2, 0) is 6.42 Å². The molecule has 0 fully saturated rings. The third kappa shape index (κ3) is 3.86. The zero-order chi connectivity index (χ0) is 14.5. The molecule has 1 amide bonds. The van der Waals surface area contributed by atoms with Gasteiger partial charge >= 0.3 is 0 Å². The number of hydrogen-bond donors (Lipinski definition) is 3. The Morgan fingerprint density at radius 2 is 1.90 bits per heavy atom. The van der Waals surface area contributed by atoms with Crippen LogP contribution in [-0.4, -0.2) is 22.7 Å². The Hall–Kier alpha value is -1.76. The Morgan fingerprint density at radius 1 is 1.10 bits per heavy atom. The molecule has 2 aromatic carbocycles. The van der Waals surface area contributed by atoms with Crippen molar-refractivity contribution in [2.24, 2.45) is 0 Å². The summed E-state index contributed by atoms with van der Waals surface area (Å²) >= 11 is 2.16. The van der Waals surface area contributed by atoms with Gasteiger partial charge in [-0.1, -0.05) is 12.1 Å². The van der Waals surface area contributed by atoms with Gasteiger partial charge < -0.3 is 15.5 Å². The average Bonchev–Trinajstić information content (AvgIpc) is 2.42. The van der Waals surface area contributed by atoms with Gasteiger partial charge in [0.15, 0.2) is 11.5 Å². The molecular weight excluding hydrogens is 369 g/mol. The number of phenols is 2. The molecule has 2 aromatic rings. The lowest BCUT2D eigenvalue weighted by molar-refractivity contribution is 0.0954. The van der Waals surface area contributed by atoms with Gasteiger partial charge in [-0.05, 0) is 64.9 Å². The fourth-order valence-electron chi connectivity index (χ4n) is 1.78. The minimum Gasteiger partial charge on any atom is -0.504 e. The van der Waals surface area contributed by atoms with Crippen LogP contribution in [0.1, 0.15) is 15.9 Å². The van der Waals surface area contributed by atoms with Gasteiger partial charge in [-0.25, -0.2) is 0 Å². The van der Waals surface area contributed by atoms with Gasteiger partial charge in [0.25, 0.3) is 5.91 Å². The van der Waals surface area contributed by atoms with Gasteiger partial charge in [0.05, 0.1) is 0 Å². The van der Waals surface area contributed by atoms with Crippen molar-refractivity contribution < 1.29 is 15.0 Å². The third-order valence-corrected chi connectivity index (χ3v) is 3.50. The van der Waals surface area contributed by atoms with Gasteiger partial charge in [-0.15, -0.1) is 0 Å². The molecule has 0 aromatic heterocycles. The number of aromatic hydroxyl groups is 2. The van der Waals surface area contributed by atoms with Crippen molar-refractivity contribution in [1.82, 2.24) is 5.32 Å². The van der Waals surface area contributed by atoms with Gasteiger partial charge in [0.1, 0.15) is 0 Å². The second-order valence-electron chi connectivity index (χ2n) is 4.34. The molecule has 0 aliphatic carbocycles. The first-order valence-electron chi connectivity index (χ1n) is 6.11. The second-order valence-corrected chi connectivity index (χ2v) is 5.58. The van der Waals surface area contributed by atoms with E-state index in [4.69, 9.17) is 0 Å². The normalized spacial score (nSPS) is 10.2. The molecule has 4 nitrogen and oxygen atoms in total. The number of rotatable bonds is 4. The topological polar surface area (TPSA) is 69.6 Å². The van der Waals surface area contributed by atoms with Crippen LogP contribution in [0.5, 0.6) is 11.5 Å². The zero-order valence-electron chi connectivity index (χ0n) is 10.6. The van der Waals surface area contributed by atoms with Gasteiger partial charge in [-0.2, -0.15) is 0 Å². The van der Waals surface area contributed by atoms with E-state index in [1.165, 1.54) is 12.1 Å². The van der Waals surface area contributed by atoms with Crippen LogP contribution in [0.15, 0.2) is 42.5 Å². The lowest BCUT2D eigenvalue weighted by Crippen LogP contribution is -2.25. The number of phenolic OH excluding ortho intramolecular Hbond substituents is 2. The maximum atomic E-state index is 11.9. The number of carbonyl (C=O) groups excluding carboxylic acids is 1. The highest BCUT2D eigenvalue weighted by Crippen LogP contribution is 2.24. The van der Waals surface area contributed by atoms with E-state index in [-0.39, 0.29) is 17.4 Å². The molecule has 3 N–H and O–H groups in total. The molecule has 0 aliphatic heterocycles. The van der Waals surface area contributed by atoms with Crippen molar-refractivity contribution >= 4 is 28.5 Å². The number of halogens is 1. The van der Waals surface area contributed by atoms with E-state index in [9.17, 15) is 15.0 Å². The standard InChI is InChI=1S/C15H14INO3/c16-12-3-1-2-11(9-12)15(20)17-7-6-10-4-5-13(18)14(19)8-10/h1-5,8-9,18-19H,6-7H2,(H,17,20). The first kappa shape index (κ1) is 14.6. The van der Waals surface area contributed by atoms with Crippen LogP contribution in [0.25, 0.3) is 0 Å². The minimum absolute atomic E-state index is 0.119. The third-order valence-electron chi connectivity index (χ3n) is 2.83. The summed E-state index contributed by atoms with van der Waals surface area (Å²) in [6, 6.07) is 12.0. The molecule has 0 saturated heterocycles. The fraction of sp³-hybridized carbons (Fsp3) is 0.133. The van der Waals surface area contributed by atoms with Crippen molar-refractivity contribution in [3.63, 3.8) is 0 Å². The van der Waals surface area contributed by atoms with E-state index < -0.39 is 0 Å². The molecule has 0 unspecified atom stereocenters. The van der Waals surface area contributed by atoms with Crippen molar-refractivity contribution in [2.75, 3.05) is 6.54 Å². The van der Waals surface area contributed by atoms with Crippen LogP contribution in [0, 0.1) is 3.57 Å². The summed E-state index contributed by atoms with van der Waals surface area (Å²) in [6.45, 7) is 0.467. The van der Waals surface area contributed by atoms with E-state index in [0.717, 1.165) is 9.13 Å². The van der Waals surface area contributed by atoms with Crippen molar-refractivity contribution in [3.05, 3.63) is 57.2 Å². The lowest BCUT2D eigenvalue weighted by atomic mass is 10.1. The molecule has 0 aliphatic rings. The smallest absolute Gasteiger partial charge is 0.251 e. The van der Waals surface area contributed by atoms with E-state index in [2.05, 4.69) is 27.9 Å². The molecule has 0 spiro atoms. The van der Waals surface area contributed by atoms with Crippen molar-refractivity contribution in [2.45, 2.75) is 6.42 Å². The number of nitrogens with one attached hydrogen (secondary N) is 1. The SMILES string of the molecule is O=C(NCCc1ccc(O)c(O)c1)c1cccc(I)c1. The summed E-state index contributed by atoms with van der Waals surface area (Å²) in [4.78, 5) is 11.9. The molecule has 0 radical (unpaired) electrons. The van der Waals surface area contributed by atoms with Crippen LogP contribution in [0.2, 0.25) is 0 Å². The fourth-order valence-corrected chi connectivity index (χ4v) is 2.32. The number of carbonyl (C=O) groups is 1. The Morgan fingerprint density at radius 3 is 2.60 bits per heavy atom. The second kappa shape index (κ2) is 6.60. The first-order valence-corrected chi connectivity index (χ1v) is 7.19. The number of benzene rings is 2. The van der Waals surface area contributed by atoms with Crippen molar-refractivity contribution in [3.8, 4) is 11.5 Å². The Bertz CT molecular complexity index is 628. The highest BCUT2D eigenvalue weighted by molar-refractivity contribution is 14.1. The van der Waals surface area contributed by atoms with E-state index in [0.29, 0.717) is 18.5 Å². The van der Waals surface area contributed by atoms with Gasteiger partial charge in [0.2, 0.25) is 0 Å². The highest BCUT2D eigenvalue weighted by Gasteiger charge is 2.05. The molecule has 20 heavy (non-hydrogen) atoms. The monoisotopic (exact) mass is 383 g/mol. The average molecular weight is 383 g/mol. The summed E-state index contributed by atoms with van der Waals surface area (Å²) in [5, 5.41) is 21.4. The summed E-state index contributed by atoms with van der Waals surface area (Å²) in [5.41, 5.74) is 1.48. The van der Waals surface area contributed by atoms with E-state index in [1.807, 2.05) is 18.2 Å². The predicted molar refractivity (Wildman–Crippen MR) is 85.0 cm³/mol. The largest absolute Gasteiger partial charge is 0.504 e. The minimum atomic E-state index is -0.147. The molecule has 0 heterocycles. The van der Waals surface area contributed by atoms with E-state index in [1.54, 1.807) is 12.1 Å². The van der Waals surface area contributed by atoms with Gasteiger partial charge in [0, 0.05) is 15.7 Å². The summed E-state index contributed by atoms with van der Waals surface area (Å²) < 4.78 is 1.01. The predicted octanol–water partition coefficient (Wildman–Crippen LogP) is 2.67. The van der Waals surface area contributed by atoms with Crippen LogP contribution < -0.4 is 5.32 Å². The van der Waals surface area contributed by atoms with Crippen LogP contribution in [0.3, 0.4) is 0 Å². The maximum absolute atomic E-state index is 11.9. The molecular formula is C15H14INO3. The maximum Gasteiger partial charge on any atom is 0.251 e. The zero-order valence-corrected chi connectivity index (χ0v) is 12.8. The first-order chi connectivity index (χ1) is 9.56. The van der Waals surface area contributed by atoms with E-state index >= 15 is 0 Å². The Labute approximate surface area is 130 Å². The van der Waals surface area contributed by atoms with Crippen LogP contribution in [0.4, 0.5) is 0 Å². The molecule has 2 rings (SSSR count).